The fraction of sp³-hybridized carbons (Fsp3) is 0.176. The lowest BCUT2D eigenvalue weighted by atomic mass is 10.1. The summed E-state index contributed by atoms with van der Waals surface area (Å²) in [6.07, 6.45) is 0.782. The quantitative estimate of drug-likeness (QED) is 0.889. The third kappa shape index (κ3) is 4.15. The summed E-state index contributed by atoms with van der Waals surface area (Å²) < 4.78 is 12.8. The van der Waals surface area contributed by atoms with Crippen molar-refractivity contribution in [2.45, 2.75) is 19.8 Å². The summed E-state index contributed by atoms with van der Waals surface area (Å²) in [4.78, 5) is 22.8. The fourth-order valence-electron chi connectivity index (χ4n) is 2.06. The lowest BCUT2D eigenvalue weighted by Gasteiger charge is -2.09. The number of amides is 1. The number of aromatic carboxylic acids is 1. The third-order valence-electron chi connectivity index (χ3n) is 3.30. The maximum atomic E-state index is 12.8. The highest BCUT2D eigenvalue weighted by Crippen LogP contribution is 2.17. The largest absolute Gasteiger partial charge is 0.478 e. The van der Waals surface area contributed by atoms with Crippen LogP contribution in [0.2, 0.25) is 0 Å². The van der Waals surface area contributed by atoms with Gasteiger partial charge in [0.25, 0.3) is 0 Å². The number of hydrogen-bond acceptors (Lipinski definition) is 2. The molecule has 0 heterocycles. The zero-order valence-electron chi connectivity index (χ0n) is 12.1. The second-order valence-electron chi connectivity index (χ2n) is 5.01. The molecule has 0 aliphatic rings. The topological polar surface area (TPSA) is 66.4 Å². The number of anilines is 1. The molecule has 2 aromatic carbocycles. The van der Waals surface area contributed by atoms with E-state index in [0.717, 1.165) is 5.56 Å². The highest BCUT2D eigenvalue weighted by atomic mass is 19.1. The Kier molecular flexibility index (Phi) is 4.88. The van der Waals surface area contributed by atoms with Gasteiger partial charge in [-0.05, 0) is 54.8 Å². The van der Waals surface area contributed by atoms with Crippen LogP contribution in [0.25, 0.3) is 0 Å². The zero-order valence-corrected chi connectivity index (χ0v) is 12.1. The first-order valence-electron chi connectivity index (χ1n) is 6.84. The molecule has 4 nitrogen and oxygen atoms in total. The van der Waals surface area contributed by atoms with Crippen molar-refractivity contribution in [2.24, 2.45) is 0 Å². The first-order chi connectivity index (χ1) is 10.5. The molecule has 0 aromatic heterocycles. The molecule has 0 aliphatic carbocycles. The molecule has 114 valence electrons. The van der Waals surface area contributed by atoms with Gasteiger partial charge in [-0.1, -0.05) is 12.1 Å². The van der Waals surface area contributed by atoms with Gasteiger partial charge in [-0.15, -0.1) is 0 Å². The minimum absolute atomic E-state index is 0.171. The van der Waals surface area contributed by atoms with Gasteiger partial charge in [0.2, 0.25) is 5.91 Å². The molecule has 2 aromatic rings. The number of aryl methyl sites for hydroxylation is 2. The maximum Gasteiger partial charge on any atom is 0.335 e. The van der Waals surface area contributed by atoms with Crippen LogP contribution in [0.5, 0.6) is 0 Å². The van der Waals surface area contributed by atoms with Crippen LogP contribution in [0.15, 0.2) is 42.5 Å². The smallest absolute Gasteiger partial charge is 0.335 e. The van der Waals surface area contributed by atoms with Crippen LogP contribution in [0.4, 0.5) is 10.1 Å². The molecule has 0 aliphatic heterocycles. The molecule has 2 rings (SSSR count). The number of rotatable bonds is 5. The summed E-state index contributed by atoms with van der Waals surface area (Å²) in [5.74, 6) is -1.48. The highest BCUT2D eigenvalue weighted by molar-refractivity contribution is 5.93. The van der Waals surface area contributed by atoms with Crippen molar-refractivity contribution in [3.8, 4) is 0 Å². The predicted molar refractivity (Wildman–Crippen MR) is 81.5 cm³/mol. The van der Waals surface area contributed by atoms with Crippen LogP contribution in [0.3, 0.4) is 0 Å². The third-order valence-corrected chi connectivity index (χ3v) is 3.30. The van der Waals surface area contributed by atoms with E-state index in [-0.39, 0.29) is 23.7 Å². The van der Waals surface area contributed by atoms with Gasteiger partial charge in [-0.2, -0.15) is 0 Å². The van der Waals surface area contributed by atoms with Crippen LogP contribution < -0.4 is 5.32 Å². The molecule has 0 saturated carbocycles. The normalized spacial score (nSPS) is 10.3. The minimum atomic E-state index is -1.00. The van der Waals surface area contributed by atoms with E-state index in [2.05, 4.69) is 5.32 Å². The molecule has 0 bridgehead atoms. The molecule has 0 unspecified atom stereocenters. The van der Waals surface area contributed by atoms with Gasteiger partial charge in [0.05, 0.1) is 5.56 Å². The van der Waals surface area contributed by atoms with Crippen molar-refractivity contribution >= 4 is 17.6 Å². The summed E-state index contributed by atoms with van der Waals surface area (Å²) in [7, 11) is 0. The Morgan fingerprint density at radius 1 is 1.14 bits per heavy atom. The fourth-order valence-corrected chi connectivity index (χ4v) is 2.06. The first kappa shape index (κ1) is 15.7. The Morgan fingerprint density at radius 2 is 1.82 bits per heavy atom. The molecular formula is C17H16FNO3. The molecule has 0 saturated heterocycles. The Labute approximate surface area is 127 Å². The second-order valence-corrected chi connectivity index (χ2v) is 5.01. The number of carbonyl (C=O) groups excluding carboxylic acids is 1. The summed E-state index contributed by atoms with van der Waals surface area (Å²) in [5, 5.41) is 11.6. The van der Waals surface area contributed by atoms with Crippen molar-refractivity contribution < 1.29 is 19.1 Å². The van der Waals surface area contributed by atoms with Crippen LogP contribution >= 0.6 is 0 Å². The van der Waals surface area contributed by atoms with Crippen LogP contribution in [0.1, 0.15) is 27.9 Å². The van der Waals surface area contributed by atoms with E-state index in [1.807, 2.05) is 0 Å². The SMILES string of the molecule is Cc1cc(C(=O)O)ccc1NC(=O)CCc1ccc(F)cc1. The van der Waals surface area contributed by atoms with E-state index in [1.54, 1.807) is 25.1 Å². The van der Waals surface area contributed by atoms with Crippen LogP contribution in [-0.2, 0) is 11.2 Å². The summed E-state index contributed by atoms with van der Waals surface area (Å²) in [5.41, 5.74) is 2.35. The maximum absolute atomic E-state index is 12.8. The van der Waals surface area contributed by atoms with Gasteiger partial charge in [0.1, 0.15) is 5.82 Å². The van der Waals surface area contributed by atoms with E-state index >= 15 is 0 Å². The lowest BCUT2D eigenvalue weighted by molar-refractivity contribution is -0.116. The van der Waals surface area contributed by atoms with Gasteiger partial charge in [0.15, 0.2) is 0 Å². The Hall–Kier alpha value is -2.69. The van der Waals surface area contributed by atoms with Crippen molar-refractivity contribution in [3.05, 3.63) is 65.0 Å². The van der Waals surface area contributed by atoms with Gasteiger partial charge in [-0.3, -0.25) is 4.79 Å². The first-order valence-corrected chi connectivity index (χ1v) is 6.84. The van der Waals surface area contributed by atoms with Gasteiger partial charge < -0.3 is 10.4 Å². The summed E-state index contributed by atoms with van der Waals surface area (Å²) in [6.45, 7) is 1.74. The zero-order chi connectivity index (χ0) is 16.1. The summed E-state index contributed by atoms with van der Waals surface area (Å²) >= 11 is 0. The van der Waals surface area contributed by atoms with Gasteiger partial charge in [0, 0.05) is 12.1 Å². The number of carboxylic acids is 1. The van der Waals surface area contributed by atoms with Crippen LogP contribution in [-0.4, -0.2) is 17.0 Å². The van der Waals surface area contributed by atoms with E-state index in [0.29, 0.717) is 17.7 Å². The number of nitrogens with one attached hydrogen (secondary N) is 1. The van der Waals surface area contributed by atoms with Gasteiger partial charge in [-0.25, -0.2) is 9.18 Å². The average molecular weight is 301 g/mol. The Bertz CT molecular complexity index is 696. The standard InChI is InChI=1S/C17H16FNO3/c1-11-10-13(17(21)22)5-8-15(11)19-16(20)9-4-12-2-6-14(18)7-3-12/h2-3,5-8,10H,4,9H2,1H3,(H,19,20)(H,21,22). The van der Waals surface area contributed by atoms with E-state index in [4.69, 9.17) is 5.11 Å². The van der Waals surface area contributed by atoms with E-state index in [9.17, 15) is 14.0 Å². The lowest BCUT2D eigenvalue weighted by Crippen LogP contribution is -2.13. The number of hydrogen-bond donors (Lipinski definition) is 2. The summed E-state index contributed by atoms with van der Waals surface area (Å²) in [6, 6.07) is 10.6. The Balaban J connectivity index is 1.94. The molecule has 1 amide bonds. The number of carboxylic acid groups (broad SMARTS) is 1. The molecule has 2 N–H and O–H groups in total. The molecule has 22 heavy (non-hydrogen) atoms. The average Bonchev–Trinajstić information content (AvgIpc) is 2.48. The van der Waals surface area contributed by atoms with E-state index < -0.39 is 5.97 Å². The monoisotopic (exact) mass is 301 g/mol. The second kappa shape index (κ2) is 6.85. The van der Waals surface area contributed by atoms with Crippen LogP contribution in [0, 0.1) is 12.7 Å². The Morgan fingerprint density at radius 3 is 2.41 bits per heavy atom. The highest BCUT2D eigenvalue weighted by Gasteiger charge is 2.08. The molecule has 0 spiro atoms. The molecule has 0 atom stereocenters. The van der Waals surface area contributed by atoms with Gasteiger partial charge >= 0.3 is 5.97 Å². The number of benzene rings is 2. The molecule has 0 radical (unpaired) electrons. The van der Waals surface area contributed by atoms with Crippen molar-refractivity contribution in [1.29, 1.82) is 0 Å². The molecule has 0 fully saturated rings. The molecular weight excluding hydrogens is 285 g/mol. The molecule has 5 heteroatoms. The predicted octanol–water partition coefficient (Wildman–Crippen LogP) is 3.40. The van der Waals surface area contributed by atoms with E-state index in [1.165, 1.54) is 24.3 Å². The minimum Gasteiger partial charge on any atom is -0.478 e. The van der Waals surface area contributed by atoms with Crippen molar-refractivity contribution in [1.82, 2.24) is 0 Å². The van der Waals surface area contributed by atoms with Crippen molar-refractivity contribution in [2.75, 3.05) is 5.32 Å². The van der Waals surface area contributed by atoms with Crippen molar-refractivity contribution in [3.63, 3.8) is 0 Å². The number of halogens is 1. The number of carbonyl (C=O) groups is 2.